The van der Waals surface area contributed by atoms with Crippen LogP contribution in [-0.2, 0) is 0 Å². The van der Waals surface area contributed by atoms with Crippen molar-refractivity contribution >= 4 is 28.8 Å². The summed E-state index contributed by atoms with van der Waals surface area (Å²) in [5.41, 5.74) is 6.78. The molecule has 0 atom stereocenters. The molecule has 0 aliphatic heterocycles. The van der Waals surface area contributed by atoms with E-state index in [9.17, 15) is 4.79 Å². The van der Waals surface area contributed by atoms with Crippen molar-refractivity contribution in [3.05, 3.63) is 29.8 Å². The molecule has 1 rings (SSSR count). The van der Waals surface area contributed by atoms with E-state index in [4.69, 9.17) is 18.0 Å². The van der Waals surface area contributed by atoms with E-state index < -0.39 is 5.54 Å². The van der Waals surface area contributed by atoms with Crippen LogP contribution in [0.5, 0.6) is 0 Å². The molecule has 0 aliphatic rings. The predicted molar refractivity (Wildman–Crippen MR) is 88.3 cm³/mol. The zero-order chi connectivity index (χ0) is 15.3. The van der Waals surface area contributed by atoms with Gasteiger partial charge < -0.3 is 16.0 Å². The molecule has 0 aliphatic carbocycles. The second-order valence-corrected chi connectivity index (χ2v) is 5.49. The first kappa shape index (κ1) is 16.4. The summed E-state index contributed by atoms with van der Waals surface area (Å²) in [5, 5.41) is 2.99. The molecule has 1 amide bonds. The van der Waals surface area contributed by atoms with Gasteiger partial charge in [-0.2, -0.15) is 0 Å². The van der Waals surface area contributed by atoms with Gasteiger partial charge in [0.1, 0.15) is 0 Å². The zero-order valence-electron chi connectivity index (χ0n) is 12.6. The molecule has 110 valence electrons. The van der Waals surface area contributed by atoms with Crippen LogP contribution in [0.2, 0.25) is 0 Å². The van der Waals surface area contributed by atoms with Gasteiger partial charge in [-0.3, -0.25) is 4.79 Å². The summed E-state index contributed by atoms with van der Waals surface area (Å²) < 4.78 is 0. The Morgan fingerprint density at radius 1 is 1.35 bits per heavy atom. The van der Waals surface area contributed by atoms with Gasteiger partial charge in [0.25, 0.3) is 5.91 Å². The van der Waals surface area contributed by atoms with Gasteiger partial charge in [0.2, 0.25) is 0 Å². The fraction of sp³-hybridized carbons (Fsp3) is 0.467. The zero-order valence-corrected chi connectivity index (χ0v) is 13.4. The highest BCUT2D eigenvalue weighted by atomic mass is 32.1. The number of nitrogens with one attached hydrogen (secondary N) is 1. The van der Waals surface area contributed by atoms with Gasteiger partial charge >= 0.3 is 0 Å². The lowest BCUT2D eigenvalue weighted by Crippen LogP contribution is -2.55. The van der Waals surface area contributed by atoms with Gasteiger partial charge in [-0.15, -0.1) is 0 Å². The second-order valence-electron chi connectivity index (χ2n) is 5.05. The molecule has 0 radical (unpaired) electrons. The average Bonchev–Trinajstić information content (AvgIpc) is 2.44. The van der Waals surface area contributed by atoms with Crippen molar-refractivity contribution in [2.45, 2.75) is 32.2 Å². The second kappa shape index (κ2) is 6.70. The highest BCUT2D eigenvalue weighted by molar-refractivity contribution is 7.80. The van der Waals surface area contributed by atoms with Gasteiger partial charge in [0.15, 0.2) is 0 Å². The number of amides is 1. The highest BCUT2D eigenvalue weighted by Gasteiger charge is 2.31. The molecule has 0 spiro atoms. The Morgan fingerprint density at radius 2 is 1.95 bits per heavy atom. The number of anilines is 1. The number of hydrogen-bond donors (Lipinski definition) is 2. The molecular formula is C15H23N3OS. The molecule has 0 heterocycles. The van der Waals surface area contributed by atoms with Crippen molar-refractivity contribution in [1.29, 1.82) is 0 Å². The smallest absolute Gasteiger partial charge is 0.252 e. The number of nitrogens with two attached hydrogens (primary N) is 1. The van der Waals surface area contributed by atoms with Crippen LogP contribution in [0.3, 0.4) is 0 Å². The molecule has 4 nitrogen and oxygen atoms in total. The van der Waals surface area contributed by atoms with Crippen molar-refractivity contribution in [2.75, 3.05) is 19.0 Å². The van der Waals surface area contributed by atoms with Gasteiger partial charge in [-0.05, 0) is 31.0 Å². The molecule has 0 unspecified atom stereocenters. The number of nitrogens with zero attached hydrogens (tertiary/aromatic N) is 1. The minimum atomic E-state index is -0.611. The number of carbonyl (C=O) groups excluding carboxylic acids is 1. The summed E-state index contributed by atoms with van der Waals surface area (Å²) in [4.78, 5) is 14.7. The summed E-state index contributed by atoms with van der Waals surface area (Å²) in [6.45, 7) is 3.94. The molecular weight excluding hydrogens is 270 g/mol. The number of hydrogen-bond acceptors (Lipinski definition) is 3. The van der Waals surface area contributed by atoms with E-state index in [1.165, 1.54) is 0 Å². The predicted octanol–water partition coefficient (Wildman–Crippen LogP) is 2.33. The van der Waals surface area contributed by atoms with Crippen LogP contribution in [0.1, 0.15) is 37.0 Å². The Bertz CT molecular complexity index is 496. The summed E-state index contributed by atoms with van der Waals surface area (Å²) in [5.74, 6) is -0.148. The maximum atomic E-state index is 12.4. The van der Waals surface area contributed by atoms with Gasteiger partial charge in [-0.1, -0.05) is 32.1 Å². The minimum Gasteiger partial charge on any atom is -0.391 e. The highest BCUT2D eigenvalue weighted by Crippen LogP contribution is 2.18. The first-order valence-corrected chi connectivity index (χ1v) is 7.17. The van der Waals surface area contributed by atoms with Crippen LogP contribution >= 0.6 is 12.2 Å². The topological polar surface area (TPSA) is 58.4 Å². The van der Waals surface area contributed by atoms with Crippen LogP contribution in [-0.4, -0.2) is 30.5 Å². The third-order valence-electron chi connectivity index (χ3n) is 3.66. The summed E-state index contributed by atoms with van der Waals surface area (Å²) in [7, 11) is 3.88. The maximum absolute atomic E-state index is 12.4. The Morgan fingerprint density at radius 3 is 2.40 bits per heavy atom. The molecule has 1 aromatic rings. The maximum Gasteiger partial charge on any atom is 0.252 e. The van der Waals surface area contributed by atoms with Gasteiger partial charge in [0, 0.05) is 25.3 Å². The lowest BCUT2D eigenvalue weighted by Gasteiger charge is -2.31. The quantitative estimate of drug-likeness (QED) is 0.790. The number of carbonyl (C=O) groups is 1. The first-order valence-electron chi connectivity index (χ1n) is 6.76. The summed E-state index contributed by atoms with van der Waals surface area (Å²) >= 11 is 5.12. The van der Waals surface area contributed by atoms with E-state index in [1.807, 2.05) is 51.0 Å². The third-order valence-corrected chi connectivity index (χ3v) is 4.05. The molecule has 0 fully saturated rings. The van der Waals surface area contributed by atoms with E-state index in [0.29, 0.717) is 23.4 Å². The van der Waals surface area contributed by atoms with E-state index in [0.717, 1.165) is 5.69 Å². The molecule has 0 saturated carbocycles. The molecule has 1 aromatic carbocycles. The van der Waals surface area contributed by atoms with Gasteiger partial charge in [0.05, 0.1) is 10.5 Å². The van der Waals surface area contributed by atoms with Gasteiger partial charge in [-0.25, -0.2) is 0 Å². The van der Waals surface area contributed by atoms with Crippen LogP contribution in [0.4, 0.5) is 5.69 Å². The largest absolute Gasteiger partial charge is 0.391 e. The number of thiocarbonyl (C=S) groups is 1. The Labute approximate surface area is 126 Å². The SMILES string of the molecule is CCC(CC)(NC(=O)c1cccc(N(C)C)c1)C(N)=S. The average molecular weight is 293 g/mol. The lowest BCUT2D eigenvalue weighted by atomic mass is 9.92. The van der Waals surface area contributed by atoms with Crippen molar-refractivity contribution in [2.24, 2.45) is 5.73 Å². The van der Waals surface area contributed by atoms with Crippen LogP contribution in [0.25, 0.3) is 0 Å². The monoisotopic (exact) mass is 293 g/mol. The van der Waals surface area contributed by atoms with Crippen LogP contribution in [0, 0.1) is 0 Å². The normalized spacial score (nSPS) is 11.0. The van der Waals surface area contributed by atoms with Crippen molar-refractivity contribution in [1.82, 2.24) is 5.32 Å². The summed E-state index contributed by atoms with van der Waals surface area (Å²) in [6, 6.07) is 7.46. The minimum absolute atomic E-state index is 0.148. The Hall–Kier alpha value is -1.62. The molecule has 0 aromatic heterocycles. The van der Waals surface area contributed by atoms with E-state index in [-0.39, 0.29) is 5.91 Å². The molecule has 20 heavy (non-hydrogen) atoms. The van der Waals surface area contributed by atoms with E-state index in [2.05, 4.69) is 5.32 Å². The summed E-state index contributed by atoms with van der Waals surface area (Å²) in [6.07, 6.45) is 1.36. The molecule has 0 bridgehead atoms. The van der Waals surface area contributed by atoms with Crippen molar-refractivity contribution < 1.29 is 4.79 Å². The molecule has 5 heteroatoms. The van der Waals surface area contributed by atoms with Crippen molar-refractivity contribution in [3.8, 4) is 0 Å². The van der Waals surface area contributed by atoms with E-state index in [1.54, 1.807) is 6.07 Å². The molecule has 3 N–H and O–H groups in total. The fourth-order valence-electron chi connectivity index (χ4n) is 2.05. The van der Waals surface area contributed by atoms with Crippen LogP contribution in [0.15, 0.2) is 24.3 Å². The first-order chi connectivity index (χ1) is 9.36. The molecule has 0 saturated heterocycles. The van der Waals surface area contributed by atoms with E-state index >= 15 is 0 Å². The Balaban J connectivity index is 3.01. The Kier molecular flexibility index (Phi) is 5.51. The van der Waals surface area contributed by atoms with Crippen LogP contribution < -0.4 is 16.0 Å². The number of benzene rings is 1. The lowest BCUT2D eigenvalue weighted by molar-refractivity contribution is 0.0920. The number of rotatable bonds is 6. The van der Waals surface area contributed by atoms with Crippen molar-refractivity contribution in [3.63, 3.8) is 0 Å². The fourth-order valence-corrected chi connectivity index (χ4v) is 2.39. The third kappa shape index (κ3) is 3.48. The standard InChI is InChI=1S/C15H23N3OS/c1-5-15(6-2,14(16)20)17-13(19)11-8-7-9-12(10-11)18(3)4/h7-10H,5-6H2,1-4H3,(H2,16,20)(H,17,19).